The third kappa shape index (κ3) is 19.4. The minimum atomic E-state index is -0.262. The van der Waals surface area contributed by atoms with E-state index in [0.717, 1.165) is 93.1 Å². The Kier molecular flexibility index (Phi) is 29.1. The van der Waals surface area contributed by atoms with Gasteiger partial charge in [0.15, 0.2) is 11.5 Å². The molecular weight excluding hydrogens is 1420 g/mol. The van der Waals surface area contributed by atoms with Gasteiger partial charge >= 0.3 is 11.9 Å². The zero-order chi connectivity index (χ0) is 77.4. The SMILES string of the molecule is C.C.CCCOCCN(CCCC(=O)OC)c1cc(CO)cc(CO)c1.CCCOCCN(CCCC(=O)OC)c1cc(COc2cc3c(cc2C)C(=O)N2c4ccccc4C[C@H]2C=N3)cc(COc2cc3c(cc2OC)C(=O)N2c4ccccc4C[C@H]2C=N3)c1.Cc1cc2c(cc1O)N=C[C@@H]1Cc3ccccc3N1C2=O. The highest BCUT2D eigenvalue weighted by molar-refractivity contribution is 6.17. The van der Waals surface area contributed by atoms with Crippen molar-refractivity contribution < 1.29 is 72.5 Å². The highest BCUT2D eigenvalue weighted by atomic mass is 16.5. The maximum atomic E-state index is 14.1. The molecule has 0 aromatic heterocycles. The van der Waals surface area contributed by atoms with Crippen molar-refractivity contribution in [2.24, 2.45) is 15.0 Å². The normalized spacial score (nSPS) is 15.4. The summed E-state index contributed by atoms with van der Waals surface area (Å²) in [5.74, 6) is 0.894. The molecule has 8 aromatic rings. The average molecular weight is 1530 g/mol. The second-order valence-corrected chi connectivity index (χ2v) is 27.8. The van der Waals surface area contributed by atoms with Crippen molar-refractivity contribution in [2.45, 2.75) is 145 Å². The van der Waals surface area contributed by atoms with E-state index in [0.29, 0.717) is 135 Å². The van der Waals surface area contributed by atoms with E-state index in [1.54, 1.807) is 55.5 Å². The van der Waals surface area contributed by atoms with E-state index in [1.165, 1.54) is 19.8 Å². The van der Waals surface area contributed by atoms with Gasteiger partial charge in [-0.3, -0.25) is 53.6 Å². The molecule has 590 valence electrons. The van der Waals surface area contributed by atoms with E-state index in [9.17, 15) is 39.3 Å². The third-order valence-electron chi connectivity index (χ3n) is 20.2. The number of para-hydroxylation sites is 3. The zero-order valence-electron chi connectivity index (χ0n) is 63.5. The van der Waals surface area contributed by atoms with Crippen LogP contribution in [0, 0.1) is 13.8 Å². The molecule has 23 nitrogen and oxygen atoms in total. The molecule has 0 saturated heterocycles. The number of aliphatic hydroxyl groups excluding tert-OH is 2. The first kappa shape index (κ1) is 83.2. The van der Waals surface area contributed by atoms with Crippen LogP contribution in [0.5, 0.6) is 23.0 Å². The van der Waals surface area contributed by atoms with Gasteiger partial charge in [-0.15, -0.1) is 0 Å². The first-order valence-electron chi connectivity index (χ1n) is 37.6. The van der Waals surface area contributed by atoms with E-state index in [1.807, 2.05) is 126 Å². The first-order chi connectivity index (χ1) is 53.5. The molecule has 0 fully saturated rings. The fourth-order valence-corrected chi connectivity index (χ4v) is 14.6. The average Bonchev–Trinajstić information content (AvgIpc) is 1.62. The predicted molar refractivity (Wildman–Crippen MR) is 440 cm³/mol. The molecule has 3 N–H and O–H groups in total. The number of ether oxygens (including phenoxy) is 7. The van der Waals surface area contributed by atoms with Gasteiger partial charge in [0.05, 0.1) is 99.6 Å². The van der Waals surface area contributed by atoms with Crippen molar-refractivity contribution in [3.8, 4) is 23.0 Å². The first-order valence-corrected chi connectivity index (χ1v) is 37.6. The van der Waals surface area contributed by atoms with E-state index in [2.05, 4.69) is 51.6 Å². The predicted octanol–water partition coefficient (Wildman–Crippen LogP) is 15.0. The lowest BCUT2D eigenvalue weighted by molar-refractivity contribution is -0.141. The minimum Gasteiger partial charge on any atom is -0.508 e. The van der Waals surface area contributed by atoms with Crippen molar-refractivity contribution in [2.75, 3.05) is 98.4 Å². The molecule has 6 aliphatic rings. The van der Waals surface area contributed by atoms with Crippen molar-refractivity contribution in [1.82, 2.24) is 0 Å². The molecule has 3 atom stereocenters. The smallest absolute Gasteiger partial charge is 0.305 e. The number of hydrogen-bond donors (Lipinski definition) is 3. The fourth-order valence-electron chi connectivity index (χ4n) is 14.6. The number of nitrogens with zero attached hydrogens (tertiary/aromatic N) is 8. The summed E-state index contributed by atoms with van der Waals surface area (Å²) in [6, 6.07) is 45.8. The number of hydrogen-bond acceptors (Lipinski definition) is 20. The Balaban J connectivity index is 0.000000230. The summed E-state index contributed by atoms with van der Waals surface area (Å²) in [6.07, 6.45) is 11.5. The number of aryl methyl sites for hydroxylation is 2. The Hall–Kier alpha value is -11.2. The van der Waals surface area contributed by atoms with Crippen LogP contribution in [-0.2, 0) is 74.2 Å². The van der Waals surface area contributed by atoms with Crippen molar-refractivity contribution in [3.63, 3.8) is 0 Å². The van der Waals surface area contributed by atoms with Crippen LogP contribution in [0.4, 0.5) is 45.5 Å². The number of amides is 3. The number of aromatic hydroxyl groups is 1. The molecule has 0 unspecified atom stereocenters. The van der Waals surface area contributed by atoms with E-state index >= 15 is 0 Å². The van der Waals surface area contributed by atoms with Gasteiger partial charge < -0.3 is 58.3 Å². The largest absolute Gasteiger partial charge is 0.508 e. The van der Waals surface area contributed by atoms with Gasteiger partial charge in [-0.1, -0.05) is 89.4 Å². The molecule has 6 heterocycles. The van der Waals surface area contributed by atoms with E-state index in [-0.39, 0.29) is 101 Å². The van der Waals surface area contributed by atoms with Gasteiger partial charge in [0.25, 0.3) is 17.7 Å². The Labute approximate surface area is 656 Å². The molecule has 112 heavy (non-hydrogen) atoms. The Bertz CT molecular complexity index is 4750. The summed E-state index contributed by atoms with van der Waals surface area (Å²) in [4.78, 5) is 88.2. The quantitative estimate of drug-likeness (QED) is 0.0290. The summed E-state index contributed by atoms with van der Waals surface area (Å²) in [5.41, 5.74) is 15.9. The molecule has 3 amide bonds. The Morgan fingerprint density at radius 2 is 0.848 bits per heavy atom. The van der Waals surface area contributed by atoms with Crippen LogP contribution >= 0.6 is 0 Å². The number of phenolic OH excluding ortho intramolecular Hbond substituents is 1. The number of benzene rings is 8. The lowest BCUT2D eigenvalue weighted by atomic mass is 10.1. The molecule has 6 aliphatic heterocycles. The number of aliphatic hydroxyl groups is 2. The van der Waals surface area contributed by atoms with Crippen molar-refractivity contribution >= 4 is 93.8 Å². The molecule has 0 saturated carbocycles. The van der Waals surface area contributed by atoms with Crippen molar-refractivity contribution in [3.05, 3.63) is 212 Å². The maximum absolute atomic E-state index is 14.1. The molecule has 0 aliphatic carbocycles. The number of carbonyl (C=O) groups excluding carboxylic acids is 5. The van der Waals surface area contributed by atoms with Gasteiger partial charge in [-0.05, 0) is 156 Å². The van der Waals surface area contributed by atoms with Crippen LogP contribution < -0.4 is 38.7 Å². The third-order valence-corrected chi connectivity index (χ3v) is 20.2. The summed E-state index contributed by atoms with van der Waals surface area (Å²) in [5, 5.41) is 28.6. The van der Waals surface area contributed by atoms with E-state index < -0.39 is 0 Å². The number of phenols is 1. The van der Waals surface area contributed by atoms with Gasteiger partial charge in [-0.25, -0.2) is 0 Å². The number of carbonyl (C=O) groups is 5. The molecule has 8 aromatic carbocycles. The highest BCUT2D eigenvalue weighted by Crippen LogP contribution is 2.44. The van der Waals surface area contributed by atoms with Crippen LogP contribution in [0.3, 0.4) is 0 Å². The summed E-state index contributed by atoms with van der Waals surface area (Å²) in [6.45, 7) is 13.1. The lowest BCUT2D eigenvalue weighted by Crippen LogP contribution is -2.37. The van der Waals surface area contributed by atoms with Gasteiger partial charge in [0, 0.05) is 137 Å². The van der Waals surface area contributed by atoms with E-state index in [4.69, 9.17) is 38.4 Å². The standard InChI is InChI=1S/C52H53N5O8.C18H29NO5.C17H14N2O2.2CH4/c1-5-18-63-19-17-55(16-10-15-50(58)62-4)38-22-34(31-64-47-27-43-41(20-33(47)2)51(59)56-39(29-53-43)24-36-11-6-8-13-45(36)56)21-35(23-38)32-65-49-28-44-42(26-48(49)61-3)52(60)57-40(30-54-44)25-37-12-7-9-14-46(37)57;1-3-8-24-9-7-19(6-4-5-18(22)23-2)17-11-15(13-20)10-16(12-17)14-21;1-10-6-13-14(8-16(10)20)18-9-12-7-11-4-2-3-5-15(11)19(12)17(13)21;;/h6-9,11-14,20-23,26-30,39-40H,5,10,15-19,24-25,31-32H2,1-4H3;10-12,20-21H,3-9,13-14H2,1-2H3;2-6,8-9,12,20H,7H2,1H3;2*1H4/t39-,40-;;12-;;/m0.0../s1. The molecular formula is C89H104N8O15. The summed E-state index contributed by atoms with van der Waals surface area (Å²) >= 11 is 0. The summed E-state index contributed by atoms with van der Waals surface area (Å²) < 4.78 is 40.0. The Morgan fingerprint density at radius 1 is 0.464 bits per heavy atom. The number of fused-ring (bicyclic) bond motifs is 12. The number of anilines is 5. The van der Waals surface area contributed by atoms with Crippen LogP contribution in [0.1, 0.15) is 148 Å². The number of rotatable bonds is 29. The Morgan fingerprint density at radius 3 is 1.27 bits per heavy atom. The van der Waals surface area contributed by atoms with Gasteiger partial charge in [-0.2, -0.15) is 0 Å². The minimum absolute atomic E-state index is 0. The molecule has 23 heteroatoms. The highest BCUT2D eigenvalue weighted by Gasteiger charge is 2.40. The fraction of sp³-hybridized carbons (Fsp3) is 0.371. The van der Waals surface area contributed by atoms with Crippen LogP contribution in [0.2, 0.25) is 0 Å². The molecule has 14 rings (SSSR count). The number of esters is 2. The maximum Gasteiger partial charge on any atom is 0.305 e. The summed E-state index contributed by atoms with van der Waals surface area (Å²) in [7, 11) is 4.35. The number of aliphatic imine (C=N–C) groups is 3. The number of methoxy groups -OCH3 is 3. The molecule has 0 radical (unpaired) electrons. The molecule has 0 bridgehead atoms. The zero-order valence-corrected chi connectivity index (χ0v) is 63.5. The van der Waals surface area contributed by atoms with Crippen molar-refractivity contribution in [1.29, 1.82) is 0 Å². The second-order valence-electron chi connectivity index (χ2n) is 27.8. The lowest BCUT2D eigenvalue weighted by Gasteiger charge is -2.26. The second kappa shape index (κ2) is 39.1. The van der Waals surface area contributed by atoms with Gasteiger partial charge in [0.2, 0.25) is 0 Å². The topological polar surface area (TPSA) is 264 Å². The molecule has 0 spiro atoms. The van der Waals surface area contributed by atoms with Crippen LogP contribution in [0.25, 0.3) is 0 Å². The van der Waals surface area contributed by atoms with Gasteiger partial charge in [0.1, 0.15) is 24.7 Å². The van der Waals surface area contributed by atoms with Crippen LogP contribution in [0.15, 0.2) is 161 Å². The van der Waals surface area contributed by atoms with Crippen LogP contribution in [-0.4, -0.2) is 156 Å². The monoisotopic (exact) mass is 1520 g/mol.